The Kier molecular flexibility index (Phi) is 6.82. The zero-order chi connectivity index (χ0) is 24.1. The summed E-state index contributed by atoms with van der Waals surface area (Å²) in [6.07, 6.45) is 0.546. The van der Waals surface area contributed by atoms with E-state index in [1.165, 1.54) is 29.2 Å². The van der Waals surface area contributed by atoms with Crippen molar-refractivity contribution in [1.82, 2.24) is 9.80 Å². The van der Waals surface area contributed by atoms with Gasteiger partial charge in [0.25, 0.3) is 17.5 Å². The molecule has 4 rings (SSSR count). The predicted molar refractivity (Wildman–Crippen MR) is 129 cm³/mol. The highest BCUT2D eigenvalue weighted by Gasteiger charge is 2.41. The standard InChI is InChI=1S/C27H25N3O4/c1-2-28(19-21-11-7-4-8-12-21)25-24(22-13-15-23(16-14-22)30(33)34)26(31)29(27(25)32)18-17-20-9-5-3-6-10-20/h3-16H,2,17-19H2,1H3. The van der Waals surface area contributed by atoms with Gasteiger partial charge in [-0.05, 0) is 42.2 Å². The topological polar surface area (TPSA) is 83.8 Å². The number of non-ortho nitro benzene ring substituents is 1. The van der Waals surface area contributed by atoms with Crippen molar-refractivity contribution in [2.45, 2.75) is 19.9 Å². The molecule has 0 bridgehead atoms. The molecule has 0 aliphatic carbocycles. The average Bonchev–Trinajstić information content (AvgIpc) is 3.11. The first-order valence-electron chi connectivity index (χ1n) is 11.2. The Balaban J connectivity index is 1.71. The maximum atomic E-state index is 13.6. The van der Waals surface area contributed by atoms with E-state index in [0.29, 0.717) is 30.8 Å². The van der Waals surface area contributed by atoms with Crippen LogP contribution in [0, 0.1) is 10.1 Å². The molecule has 0 saturated heterocycles. The van der Waals surface area contributed by atoms with Crippen molar-refractivity contribution < 1.29 is 14.5 Å². The number of benzene rings is 3. The molecule has 0 spiro atoms. The molecule has 1 heterocycles. The molecule has 0 atom stereocenters. The largest absolute Gasteiger partial charge is 0.362 e. The quantitative estimate of drug-likeness (QED) is 0.271. The summed E-state index contributed by atoms with van der Waals surface area (Å²) in [7, 11) is 0. The number of hydrogen-bond donors (Lipinski definition) is 0. The second kappa shape index (κ2) is 10.1. The van der Waals surface area contributed by atoms with Gasteiger partial charge in [-0.1, -0.05) is 60.7 Å². The van der Waals surface area contributed by atoms with E-state index in [1.54, 1.807) is 0 Å². The van der Waals surface area contributed by atoms with Gasteiger partial charge in [-0.2, -0.15) is 0 Å². The smallest absolute Gasteiger partial charge is 0.277 e. The van der Waals surface area contributed by atoms with Crippen LogP contribution < -0.4 is 0 Å². The fourth-order valence-electron chi connectivity index (χ4n) is 4.11. The van der Waals surface area contributed by atoms with E-state index in [4.69, 9.17) is 0 Å². The van der Waals surface area contributed by atoms with Crippen LogP contribution in [-0.4, -0.2) is 39.6 Å². The molecular weight excluding hydrogens is 430 g/mol. The molecule has 0 radical (unpaired) electrons. The van der Waals surface area contributed by atoms with Crippen LogP contribution in [0.25, 0.3) is 5.57 Å². The van der Waals surface area contributed by atoms with Crippen LogP contribution in [0.15, 0.2) is 90.6 Å². The normalized spacial score (nSPS) is 13.5. The minimum atomic E-state index is -0.486. The molecule has 3 aromatic rings. The minimum Gasteiger partial charge on any atom is -0.362 e. The van der Waals surface area contributed by atoms with E-state index in [-0.39, 0.29) is 29.6 Å². The molecule has 172 valence electrons. The molecular formula is C27H25N3O4. The lowest BCUT2D eigenvalue weighted by Gasteiger charge is -2.25. The molecule has 34 heavy (non-hydrogen) atoms. The van der Waals surface area contributed by atoms with Crippen molar-refractivity contribution in [3.05, 3.63) is 117 Å². The van der Waals surface area contributed by atoms with Gasteiger partial charge in [0.05, 0.1) is 10.5 Å². The Morgan fingerprint density at radius 2 is 1.41 bits per heavy atom. The van der Waals surface area contributed by atoms with Crippen molar-refractivity contribution >= 4 is 23.1 Å². The summed E-state index contributed by atoms with van der Waals surface area (Å²) in [5.41, 5.74) is 3.09. The molecule has 2 amide bonds. The molecule has 7 nitrogen and oxygen atoms in total. The predicted octanol–water partition coefficient (Wildman–Crippen LogP) is 4.44. The summed E-state index contributed by atoms with van der Waals surface area (Å²) >= 11 is 0. The number of hydrogen-bond acceptors (Lipinski definition) is 5. The highest BCUT2D eigenvalue weighted by atomic mass is 16.6. The van der Waals surface area contributed by atoms with E-state index >= 15 is 0 Å². The third-order valence-electron chi connectivity index (χ3n) is 5.89. The van der Waals surface area contributed by atoms with E-state index in [9.17, 15) is 19.7 Å². The number of nitrogens with zero attached hydrogens (tertiary/aromatic N) is 3. The summed E-state index contributed by atoms with van der Waals surface area (Å²) in [6, 6.07) is 25.2. The summed E-state index contributed by atoms with van der Waals surface area (Å²) < 4.78 is 0. The first-order chi connectivity index (χ1) is 16.5. The number of rotatable bonds is 9. The summed E-state index contributed by atoms with van der Waals surface area (Å²) in [4.78, 5) is 40.9. The average molecular weight is 456 g/mol. The zero-order valence-corrected chi connectivity index (χ0v) is 18.9. The van der Waals surface area contributed by atoms with E-state index in [2.05, 4.69) is 0 Å². The van der Waals surface area contributed by atoms with Gasteiger partial charge in [-0.25, -0.2) is 0 Å². The second-order valence-corrected chi connectivity index (χ2v) is 8.02. The van der Waals surface area contributed by atoms with E-state index < -0.39 is 4.92 Å². The Labute approximate surface area is 198 Å². The second-order valence-electron chi connectivity index (χ2n) is 8.02. The Morgan fingerprint density at radius 1 is 0.824 bits per heavy atom. The van der Waals surface area contributed by atoms with Crippen molar-refractivity contribution in [2.24, 2.45) is 0 Å². The van der Waals surface area contributed by atoms with Crippen LogP contribution in [0.3, 0.4) is 0 Å². The van der Waals surface area contributed by atoms with Gasteiger partial charge in [-0.3, -0.25) is 24.6 Å². The van der Waals surface area contributed by atoms with Gasteiger partial charge < -0.3 is 4.90 Å². The number of nitro groups is 1. The minimum absolute atomic E-state index is 0.0692. The molecule has 3 aromatic carbocycles. The monoisotopic (exact) mass is 455 g/mol. The number of carbonyl (C=O) groups excluding carboxylic acids is 2. The number of carbonyl (C=O) groups is 2. The lowest BCUT2D eigenvalue weighted by molar-refractivity contribution is -0.384. The Bertz CT molecular complexity index is 1220. The third-order valence-corrected chi connectivity index (χ3v) is 5.89. The highest BCUT2D eigenvalue weighted by molar-refractivity contribution is 6.35. The van der Waals surface area contributed by atoms with Gasteiger partial charge in [0.2, 0.25) is 0 Å². The molecule has 0 saturated carbocycles. The first kappa shape index (κ1) is 22.9. The number of nitro benzene ring substituents is 1. The van der Waals surface area contributed by atoms with Crippen molar-refractivity contribution in [3.63, 3.8) is 0 Å². The summed E-state index contributed by atoms with van der Waals surface area (Å²) in [5.74, 6) is -0.719. The molecule has 7 heteroatoms. The maximum absolute atomic E-state index is 13.6. The van der Waals surface area contributed by atoms with Gasteiger partial charge in [0, 0.05) is 31.8 Å². The zero-order valence-electron chi connectivity index (χ0n) is 18.9. The van der Waals surface area contributed by atoms with Crippen molar-refractivity contribution in [3.8, 4) is 0 Å². The lowest BCUT2D eigenvalue weighted by Crippen LogP contribution is -2.36. The van der Waals surface area contributed by atoms with Crippen LogP contribution in [0.1, 0.15) is 23.6 Å². The summed E-state index contributed by atoms with van der Waals surface area (Å²) in [6.45, 7) is 3.18. The van der Waals surface area contributed by atoms with Crippen molar-refractivity contribution in [2.75, 3.05) is 13.1 Å². The van der Waals surface area contributed by atoms with Crippen LogP contribution in [-0.2, 0) is 22.6 Å². The third kappa shape index (κ3) is 4.73. The number of likely N-dealkylation sites (N-methyl/N-ethyl adjacent to an activating group) is 1. The first-order valence-corrected chi connectivity index (χ1v) is 11.2. The number of amides is 2. The van der Waals surface area contributed by atoms with Crippen LogP contribution in [0.2, 0.25) is 0 Å². The van der Waals surface area contributed by atoms with E-state index in [0.717, 1.165) is 11.1 Å². The molecule has 0 N–H and O–H groups in total. The van der Waals surface area contributed by atoms with E-state index in [1.807, 2.05) is 72.5 Å². The lowest BCUT2D eigenvalue weighted by atomic mass is 10.0. The fourth-order valence-corrected chi connectivity index (χ4v) is 4.11. The van der Waals surface area contributed by atoms with Gasteiger partial charge in [-0.15, -0.1) is 0 Å². The Hall–Kier alpha value is -4.26. The molecule has 0 fully saturated rings. The van der Waals surface area contributed by atoms with Gasteiger partial charge >= 0.3 is 0 Å². The van der Waals surface area contributed by atoms with Gasteiger partial charge in [0.15, 0.2) is 0 Å². The molecule has 0 unspecified atom stereocenters. The van der Waals surface area contributed by atoms with Crippen LogP contribution in [0.4, 0.5) is 5.69 Å². The van der Waals surface area contributed by atoms with Gasteiger partial charge in [0.1, 0.15) is 5.70 Å². The van der Waals surface area contributed by atoms with Crippen LogP contribution >= 0.6 is 0 Å². The van der Waals surface area contributed by atoms with Crippen LogP contribution in [0.5, 0.6) is 0 Å². The Morgan fingerprint density at radius 3 is 1.97 bits per heavy atom. The fraction of sp³-hybridized carbons (Fsp3) is 0.185. The van der Waals surface area contributed by atoms with Crippen molar-refractivity contribution in [1.29, 1.82) is 0 Å². The SMILES string of the molecule is CCN(Cc1ccccc1)C1=C(c2ccc([N+](=O)[O-])cc2)C(=O)N(CCc2ccccc2)C1=O. The highest BCUT2D eigenvalue weighted by Crippen LogP contribution is 2.33. The molecule has 0 aromatic heterocycles. The molecule has 1 aliphatic heterocycles. The maximum Gasteiger partial charge on any atom is 0.277 e. The number of imide groups is 1. The summed E-state index contributed by atoms with van der Waals surface area (Å²) in [5, 5.41) is 11.1. The molecule has 1 aliphatic rings.